The van der Waals surface area contributed by atoms with Crippen molar-refractivity contribution in [3.8, 4) is 0 Å². The van der Waals surface area contributed by atoms with E-state index in [4.69, 9.17) is 5.73 Å². The van der Waals surface area contributed by atoms with Gasteiger partial charge in [-0.15, -0.1) is 0 Å². The first-order valence-corrected chi connectivity index (χ1v) is 4.84. The molecule has 1 fully saturated rings. The Bertz CT molecular complexity index is 236. The molecule has 0 aromatic carbocycles. The van der Waals surface area contributed by atoms with E-state index in [9.17, 15) is 0 Å². The highest BCUT2D eigenvalue weighted by Gasteiger charge is 2.18. The van der Waals surface area contributed by atoms with Gasteiger partial charge in [-0.25, -0.2) is 4.98 Å². The molecule has 0 spiro atoms. The minimum atomic E-state index is 0.714. The van der Waals surface area contributed by atoms with E-state index in [1.807, 2.05) is 6.20 Å². The average Bonchev–Trinajstić information content (AvgIpc) is 2.71. The zero-order chi connectivity index (χ0) is 9.10. The molecule has 0 radical (unpaired) electrons. The number of nitrogens with two attached hydrogens (primary N) is 1. The predicted molar refractivity (Wildman–Crippen MR) is 52.6 cm³/mol. The molecule has 1 aromatic heterocycles. The molecule has 0 atom stereocenters. The molecule has 1 aliphatic rings. The predicted octanol–water partition coefficient (Wildman–Crippen LogP) is 0.585. The lowest BCUT2D eigenvalue weighted by Crippen LogP contribution is -2.36. The summed E-state index contributed by atoms with van der Waals surface area (Å²) in [5.41, 5.74) is 5.63. The van der Waals surface area contributed by atoms with Crippen molar-refractivity contribution >= 4 is 5.95 Å². The third-order valence-electron chi connectivity index (χ3n) is 2.73. The number of H-pyrrole nitrogens is 1. The Balaban J connectivity index is 1.92. The molecule has 1 saturated heterocycles. The number of piperidine rings is 1. The number of aromatic amines is 1. The van der Waals surface area contributed by atoms with Gasteiger partial charge in [0, 0.05) is 25.5 Å². The van der Waals surface area contributed by atoms with Gasteiger partial charge in [0.1, 0.15) is 0 Å². The Morgan fingerprint density at radius 2 is 2.31 bits per heavy atom. The summed E-state index contributed by atoms with van der Waals surface area (Å²) >= 11 is 0. The SMILES string of the molecule is NCC1CCN(c2ncc[nH]2)CC1. The zero-order valence-corrected chi connectivity index (χ0v) is 7.74. The molecule has 2 rings (SSSR count). The van der Waals surface area contributed by atoms with Crippen LogP contribution in [0.5, 0.6) is 0 Å². The van der Waals surface area contributed by atoms with E-state index in [1.165, 1.54) is 12.8 Å². The number of rotatable bonds is 2. The van der Waals surface area contributed by atoms with Crippen molar-refractivity contribution < 1.29 is 0 Å². The van der Waals surface area contributed by atoms with Crippen molar-refractivity contribution in [2.24, 2.45) is 11.7 Å². The number of aromatic nitrogens is 2. The second kappa shape index (κ2) is 3.79. The monoisotopic (exact) mass is 180 g/mol. The number of hydrogen-bond acceptors (Lipinski definition) is 3. The normalized spacial score (nSPS) is 19.3. The highest BCUT2D eigenvalue weighted by molar-refractivity contribution is 5.29. The van der Waals surface area contributed by atoms with Crippen molar-refractivity contribution in [3.63, 3.8) is 0 Å². The first-order chi connectivity index (χ1) is 6.40. The van der Waals surface area contributed by atoms with Crippen LogP contribution in [0.2, 0.25) is 0 Å². The average molecular weight is 180 g/mol. The van der Waals surface area contributed by atoms with E-state index in [2.05, 4.69) is 14.9 Å². The van der Waals surface area contributed by atoms with Gasteiger partial charge in [0.05, 0.1) is 0 Å². The quantitative estimate of drug-likeness (QED) is 0.700. The topological polar surface area (TPSA) is 57.9 Å². The highest BCUT2D eigenvalue weighted by atomic mass is 15.3. The Morgan fingerprint density at radius 3 is 2.85 bits per heavy atom. The lowest BCUT2D eigenvalue weighted by molar-refractivity contribution is 0.412. The third kappa shape index (κ3) is 1.83. The van der Waals surface area contributed by atoms with Gasteiger partial charge in [-0.2, -0.15) is 0 Å². The van der Waals surface area contributed by atoms with Crippen LogP contribution in [0.1, 0.15) is 12.8 Å². The summed E-state index contributed by atoms with van der Waals surface area (Å²) in [6, 6.07) is 0. The molecule has 0 amide bonds. The smallest absolute Gasteiger partial charge is 0.202 e. The lowest BCUT2D eigenvalue weighted by Gasteiger charge is -2.30. The highest BCUT2D eigenvalue weighted by Crippen LogP contribution is 2.19. The molecule has 0 saturated carbocycles. The summed E-state index contributed by atoms with van der Waals surface area (Å²) in [5, 5.41) is 0. The summed E-state index contributed by atoms with van der Waals surface area (Å²) in [6.07, 6.45) is 6.04. The van der Waals surface area contributed by atoms with Crippen LogP contribution >= 0.6 is 0 Å². The van der Waals surface area contributed by atoms with Crippen molar-refractivity contribution in [1.29, 1.82) is 0 Å². The third-order valence-corrected chi connectivity index (χ3v) is 2.73. The van der Waals surface area contributed by atoms with Crippen molar-refractivity contribution in [2.75, 3.05) is 24.5 Å². The summed E-state index contributed by atoms with van der Waals surface area (Å²) in [7, 11) is 0. The van der Waals surface area contributed by atoms with E-state index in [1.54, 1.807) is 6.20 Å². The molecule has 0 bridgehead atoms. The van der Waals surface area contributed by atoms with Crippen LogP contribution in [0.4, 0.5) is 5.95 Å². The van der Waals surface area contributed by atoms with Crippen LogP contribution in [0.15, 0.2) is 12.4 Å². The van der Waals surface area contributed by atoms with Crippen molar-refractivity contribution in [1.82, 2.24) is 9.97 Å². The maximum Gasteiger partial charge on any atom is 0.202 e. The van der Waals surface area contributed by atoms with E-state index >= 15 is 0 Å². The van der Waals surface area contributed by atoms with E-state index < -0.39 is 0 Å². The molecule has 1 aliphatic heterocycles. The number of anilines is 1. The van der Waals surface area contributed by atoms with Gasteiger partial charge in [0.25, 0.3) is 0 Å². The van der Waals surface area contributed by atoms with Gasteiger partial charge in [0.15, 0.2) is 0 Å². The molecule has 4 heteroatoms. The van der Waals surface area contributed by atoms with Crippen LogP contribution < -0.4 is 10.6 Å². The number of nitrogens with zero attached hydrogens (tertiary/aromatic N) is 2. The molecule has 0 unspecified atom stereocenters. The number of nitrogens with one attached hydrogen (secondary N) is 1. The minimum Gasteiger partial charge on any atom is -0.342 e. The summed E-state index contributed by atoms with van der Waals surface area (Å²) in [4.78, 5) is 9.64. The largest absolute Gasteiger partial charge is 0.342 e. The van der Waals surface area contributed by atoms with Crippen LogP contribution in [0.25, 0.3) is 0 Å². The lowest BCUT2D eigenvalue weighted by atomic mass is 9.97. The molecule has 13 heavy (non-hydrogen) atoms. The van der Waals surface area contributed by atoms with E-state index in [0.29, 0.717) is 5.92 Å². The van der Waals surface area contributed by atoms with E-state index in [-0.39, 0.29) is 0 Å². The second-order valence-electron chi connectivity index (χ2n) is 3.58. The Labute approximate surface area is 78.1 Å². The van der Waals surface area contributed by atoms with E-state index in [0.717, 1.165) is 25.6 Å². The number of imidazole rings is 1. The minimum absolute atomic E-state index is 0.714. The van der Waals surface area contributed by atoms with Crippen molar-refractivity contribution in [3.05, 3.63) is 12.4 Å². The summed E-state index contributed by atoms with van der Waals surface area (Å²) < 4.78 is 0. The van der Waals surface area contributed by atoms with Gasteiger partial charge in [-0.3, -0.25) is 0 Å². The molecular weight excluding hydrogens is 164 g/mol. The maximum atomic E-state index is 5.63. The fourth-order valence-corrected chi connectivity index (χ4v) is 1.81. The fraction of sp³-hybridized carbons (Fsp3) is 0.667. The van der Waals surface area contributed by atoms with Gasteiger partial charge in [-0.1, -0.05) is 0 Å². The first-order valence-electron chi connectivity index (χ1n) is 4.84. The molecular formula is C9H16N4. The van der Waals surface area contributed by atoms with Gasteiger partial charge < -0.3 is 15.6 Å². The van der Waals surface area contributed by atoms with Crippen LogP contribution in [-0.2, 0) is 0 Å². The molecule has 4 nitrogen and oxygen atoms in total. The summed E-state index contributed by atoms with van der Waals surface area (Å²) in [5.74, 6) is 1.71. The van der Waals surface area contributed by atoms with Gasteiger partial charge in [0.2, 0.25) is 5.95 Å². The summed E-state index contributed by atoms with van der Waals surface area (Å²) in [6.45, 7) is 2.98. The Morgan fingerprint density at radius 1 is 1.54 bits per heavy atom. The Kier molecular flexibility index (Phi) is 2.49. The van der Waals surface area contributed by atoms with Crippen LogP contribution in [0.3, 0.4) is 0 Å². The molecule has 1 aromatic rings. The number of hydrogen-bond donors (Lipinski definition) is 2. The first kappa shape index (κ1) is 8.56. The molecule has 3 N–H and O–H groups in total. The van der Waals surface area contributed by atoms with Crippen molar-refractivity contribution in [2.45, 2.75) is 12.8 Å². The molecule has 2 heterocycles. The standard InChI is InChI=1S/C9H16N4/c10-7-8-1-5-13(6-2-8)9-11-3-4-12-9/h3-4,8H,1-2,5-7,10H2,(H,11,12). The van der Waals surface area contributed by atoms with Crippen LogP contribution in [0, 0.1) is 5.92 Å². The molecule has 72 valence electrons. The van der Waals surface area contributed by atoms with Gasteiger partial charge in [-0.05, 0) is 25.3 Å². The van der Waals surface area contributed by atoms with Crippen LogP contribution in [-0.4, -0.2) is 29.6 Å². The van der Waals surface area contributed by atoms with Gasteiger partial charge >= 0.3 is 0 Å². The zero-order valence-electron chi connectivity index (χ0n) is 7.74. The molecule has 0 aliphatic carbocycles. The fourth-order valence-electron chi connectivity index (χ4n) is 1.81. The maximum absolute atomic E-state index is 5.63. The Hall–Kier alpha value is -1.03. The second-order valence-corrected chi connectivity index (χ2v) is 3.58.